The summed E-state index contributed by atoms with van der Waals surface area (Å²) in [7, 11) is -0.822. The minimum absolute atomic E-state index is 0.488. The van der Waals surface area contributed by atoms with Crippen molar-refractivity contribution in [3.8, 4) is 0 Å². The Morgan fingerprint density at radius 3 is 2.23 bits per heavy atom. The van der Waals surface area contributed by atoms with Crippen LogP contribution in [0.4, 0.5) is 0 Å². The molecule has 0 aromatic heterocycles. The minimum Gasteiger partial charge on any atom is -0.254 e. The van der Waals surface area contributed by atoms with Gasteiger partial charge in [0.2, 0.25) is 0 Å². The molecule has 0 aliphatic carbocycles. The fraction of sp³-hybridized carbons (Fsp3) is 0.455. The third-order valence-electron chi connectivity index (χ3n) is 1.77. The molecule has 0 amide bonds. The molecule has 72 valence electrons. The highest BCUT2D eigenvalue weighted by molar-refractivity contribution is 7.85. The molecule has 0 spiro atoms. The molecule has 1 nitrogen and oxygen atoms in total. The van der Waals surface area contributed by atoms with Gasteiger partial charge in [-0.2, -0.15) is 0 Å². The zero-order chi connectivity index (χ0) is 9.84. The molecule has 0 aliphatic rings. The SMILES string of the molecule is Cc1ccc(S(=O)CC(C)C)cc1. The first-order valence-electron chi connectivity index (χ1n) is 4.54. The Kier molecular flexibility index (Phi) is 3.67. The summed E-state index contributed by atoms with van der Waals surface area (Å²) in [5.41, 5.74) is 1.21. The van der Waals surface area contributed by atoms with E-state index >= 15 is 0 Å². The maximum absolute atomic E-state index is 11.7. The number of benzene rings is 1. The first-order valence-corrected chi connectivity index (χ1v) is 5.86. The second kappa shape index (κ2) is 4.56. The van der Waals surface area contributed by atoms with Crippen molar-refractivity contribution >= 4 is 10.8 Å². The second-order valence-corrected chi connectivity index (χ2v) is 5.21. The van der Waals surface area contributed by atoms with Crippen LogP contribution >= 0.6 is 0 Å². The molecule has 2 heteroatoms. The van der Waals surface area contributed by atoms with Crippen molar-refractivity contribution in [3.05, 3.63) is 29.8 Å². The van der Waals surface area contributed by atoms with Gasteiger partial charge in [0.25, 0.3) is 0 Å². The first-order chi connectivity index (χ1) is 6.09. The fourth-order valence-corrected chi connectivity index (χ4v) is 2.33. The monoisotopic (exact) mass is 196 g/mol. The van der Waals surface area contributed by atoms with Crippen LogP contribution in [0.1, 0.15) is 19.4 Å². The van der Waals surface area contributed by atoms with E-state index in [1.807, 2.05) is 31.2 Å². The Morgan fingerprint density at radius 1 is 1.23 bits per heavy atom. The molecule has 0 bridgehead atoms. The highest BCUT2D eigenvalue weighted by atomic mass is 32.2. The van der Waals surface area contributed by atoms with E-state index in [2.05, 4.69) is 13.8 Å². The van der Waals surface area contributed by atoms with Crippen LogP contribution in [0.15, 0.2) is 29.2 Å². The molecular formula is C11H16OS. The van der Waals surface area contributed by atoms with E-state index in [-0.39, 0.29) is 0 Å². The Morgan fingerprint density at radius 2 is 1.77 bits per heavy atom. The van der Waals surface area contributed by atoms with Gasteiger partial charge in [-0.15, -0.1) is 0 Å². The molecule has 1 aromatic rings. The fourth-order valence-electron chi connectivity index (χ4n) is 1.09. The van der Waals surface area contributed by atoms with Crippen LogP contribution in [0.25, 0.3) is 0 Å². The Balaban J connectivity index is 2.72. The summed E-state index contributed by atoms with van der Waals surface area (Å²) in [6.07, 6.45) is 0. The summed E-state index contributed by atoms with van der Waals surface area (Å²) in [5.74, 6) is 1.24. The van der Waals surface area contributed by atoms with Crippen molar-refractivity contribution in [2.45, 2.75) is 25.7 Å². The molecule has 0 saturated heterocycles. The lowest BCUT2D eigenvalue weighted by molar-refractivity contribution is 0.665. The van der Waals surface area contributed by atoms with E-state index < -0.39 is 10.8 Å². The highest BCUT2D eigenvalue weighted by Gasteiger charge is 2.05. The maximum Gasteiger partial charge on any atom is 0.0532 e. The van der Waals surface area contributed by atoms with Crippen LogP contribution < -0.4 is 0 Å². The normalized spacial score (nSPS) is 13.2. The maximum atomic E-state index is 11.7. The largest absolute Gasteiger partial charge is 0.254 e. The minimum atomic E-state index is -0.822. The third-order valence-corrected chi connectivity index (χ3v) is 3.54. The smallest absolute Gasteiger partial charge is 0.0532 e. The molecule has 1 unspecified atom stereocenters. The number of rotatable bonds is 3. The van der Waals surface area contributed by atoms with Crippen molar-refractivity contribution in [2.75, 3.05) is 5.75 Å². The van der Waals surface area contributed by atoms with Crippen LogP contribution in [0.5, 0.6) is 0 Å². The topological polar surface area (TPSA) is 17.1 Å². The van der Waals surface area contributed by atoms with E-state index in [4.69, 9.17) is 0 Å². The summed E-state index contributed by atoms with van der Waals surface area (Å²) >= 11 is 0. The van der Waals surface area contributed by atoms with Gasteiger partial charge in [-0.05, 0) is 25.0 Å². The molecular weight excluding hydrogens is 180 g/mol. The van der Waals surface area contributed by atoms with Crippen LogP contribution in [0.3, 0.4) is 0 Å². The van der Waals surface area contributed by atoms with Crippen LogP contribution in [-0.2, 0) is 10.8 Å². The lowest BCUT2D eigenvalue weighted by atomic mass is 10.2. The highest BCUT2D eigenvalue weighted by Crippen LogP contribution is 2.10. The van der Waals surface area contributed by atoms with Gasteiger partial charge in [-0.3, -0.25) is 4.21 Å². The summed E-state index contributed by atoms with van der Waals surface area (Å²) in [5, 5.41) is 0. The molecule has 0 aliphatic heterocycles. The molecule has 1 rings (SSSR count). The zero-order valence-electron chi connectivity index (χ0n) is 8.41. The zero-order valence-corrected chi connectivity index (χ0v) is 9.23. The van der Waals surface area contributed by atoms with E-state index in [1.165, 1.54) is 5.56 Å². The van der Waals surface area contributed by atoms with Gasteiger partial charge in [0.15, 0.2) is 0 Å². The van der Waals surface area contributed by atoms with Gasteiger partial charge in [-0.25, -0.2) is 0 Å². The summed E-state index contributed by atoms with van der Waals surface area (Å²) in [6, 6.07) is 7.92. The standard InChI is InChI=1S/C11H16OS/c1-9(2)8-13(12)11-6-4-10(3)5-7-11/h4-7,9H,8H2,1-3H3. The molecule has 0 N–H and O–H groups in total. The summed E-state index contributed by atoms with van der Waals surface area (Å²) < 4.78 is 11.7. The Hall–Kier alpha value is -0.630. The molecule has 0 heterocycles. The van der Waals surface area contributed by atoms with Crippen LogP contribution in [-0.4, -0.2) is 9.96 Å². The number of hydrogen-bond donors (Lipinski definition) is 0. The van der Waals surface area contributed by atoms with Crippen molar-refractivity contribution in [2.24, 2.45) is 5.92 Å². The van der Waals surface area contributed by atoms with Gasteiger partial charge in [0.05, 0.1) is 10.8 Å². The molecule has 0 radical (unpaired) electrons. The van der Waals surface area contributed by atoms with Gasteiger partial charge in [-0.1, -0.05) is 31.5 Å². The average molecular weight is 196 g/mol. The third kappa shape index (κ3) is 3.31. The molecule has 0 fully saturated rings. The van der Waals surface area contributed by atoms with Gasteiger partial charge in [0.1, 0.15) is 0 Å². The lowest BCUT2D eigenvalue weighted by Crippen LogP contribution is -2.04. The average Bonchev–Trinajstić information content (AvgIpc) is 2.04. The number of aryl methyl sites for hydroxylation is 1. The van der Waals surface area contributed by atoms with E-state index in [9.17, 15) is 4.21 Å². The number of hydrogen-bond acceptors (Lipinski definition) is 1. The van der Waals surface area contributed by atoms with E-state index in [0.717, 1.165) is 10.6 Å². The van der Waals surface area contributed by atoms with E-state index in [0.29, 0.717) is 5.92 Å². The lowest BCUT2D eigenvalue weighted by Gasteiger charge is -2.04. The Bertz CT molecular complexity index is 287. The van der Waals surface area contributed by atoms with Crippen molar-refractivity contribution < 1.29 is 4.21 Å². The van der Waals surface area contributed by atoms with Gasteiger partial charge >= 0.3 is 0 Å². The van der Waals surface area contributed by atoms with Crippen molar-refractivity contribution in [1.82, 2.24) is 0 Å². The summed E-state index contributed by atoms with van der Waals surface area (Å²) in [6.45, 7) is 6.22. The second-order valence-electron chi connectivity index (χ2n) is 3.72. The molecule has 1 atom stereocenters. The first kappa shape index (κ1) is 10.5. The van der Waals surface area contributed by atoms with Crippen LogP contribution in [0.2, 0.25) is 0 Å². The Labute approximate surface area is 82.6 Å². The van der Waals surface area contributed by atoms with Gasteiger partial charge in [0, 0.05) is 10.6 Å². The quantitative estimate of drug-likeness (QED) is 0.726. The predicted molar refractivity (Wildman–Crippen MR) is 57.3 cm³/mol. The molecule has 13 heavy (non-hydrogen) atoms. The molecule has 1 aromatic carbocycles. The van der Waals surface area contributed by atoms with Crippen molar-refractivity contribution in [1.29, 1.82) is 0 Å². The van der Waals surface area contributed by atoms with Crippen molar-refractivity contribution in [3.63, 3.8) is 0 Å². The van der Waals surface area contributed by atoms with Crippen LogP contribution in [0, 0.1) is 12.8 Å². The van der Waals surface area contributed by atoms with E-state index in [1.54, 1.807) is 0 Å². The van der Waals surface area contributed by atoms with Gasteiger partial charge < -0.3 is 0 Å². The predicted octanol–water partition coefficient (Wildman–Crippen LogP) is 2.76. The molecule has 0 saturated carbocycles. The summed E-state index contributed by atoms with van der Waals surface area (Å²) in [4.78, 5) is 0.944.